The average molecular weight is 278 g/mol. The Kier molecular flexibility index (Phi) is 6.96. The predicted molar refractivity (Wildman–Crippen MR) is 86.7 cm³/mol. The largest absolute Gasteiger partial charge is 0.498 e. The lowest BCUT2D eigenvalue weighted by Crippen LogP contribution is -2.19. The van der Waals surface area contributed by atoms with Crippen molar-refractivity contribution in [3.8, 4) is 0 Å². The fourth-order valence-electron chi connectivity index (χ4n) is 4.02. The molecule has 0 radical (unpaired) electrons. The molecule has 2 rings (SSSR count). The van der Waals surface area contributed by atoms with Gasteiger partial charge in [-0.2, -0.15) is 0 Å². The van der Waals surface area contributed by atoms with E-state index in [0.717, 1.165) is 11.8 Å². The Bertz CT molecular complexity index is 286. The molecular formula is C19H34O. The van der Waals surface area contributed by atoms with E-state index in [1.807, 2.05) is 0 Å². The molecule has 0 aromatic carbocycles. The first-order valence-electron chi connectivity index (χ1n) is 9.15. The molecule has 0 N–H and O–H groups in total. The molecule has 0 bridgehead atoms. The van der Waals surface area contributed by atoms with Gasteiger partial charge in [0.1, 0.15) is 0 Å². The molecule has 0 amide bonds. The van der Waals surface area contributed by atoms with Crippen molar-refractivity contribution in [2.24, 2.45) is 11.8 Å². The topological polar surface area (TPSA) is 9.23 Å². The number of ether oxygens (including phenoxy) is 1. The minimum Gasteiger partial charge on any atom is -0.498 e. The molecule has 2 aliphatic rings. The van der Waals surface area contributed by atoms with E-state index < -0.39 is 0 Å². The SMILES string of the molecule is CCCC1=COC(CCC2CCC(CCC)CC2)CC1. The van der Waals surface area contributed by atoms with Crippen LogP contribution in [0.2, 0.25) is 0 Å². The average Bonchev–Trinajstić information content (AvgIpc) is 2.49. The van der Waals surface area contributed by atoms with Gasteiger partial charge in [0, 0.05) is 0 Å². The standard InChI is InChI=1S/C19H34O/c1-3-5-16-7-9-17(10-8-16)11-13-19-14-12-18(6-4-2)15-20-19/h15-17,19H,3-14H2,1-2H3. The van der Waals surface area contributed by atoms with Crippen LogP contribution in [0.15, 0.2) is 11.8 Å². The molecule has 1 aliphatic carbocycles. The van der Waals surface area contributed by atoms with E-state index in [4.69, 9.17) is 4.74 Å². The van der Waals surface area contributed by atoms with Crippen LogP contribution in [0.1, 0.15) is 90.9 Å². The molecule has 20 heavy (non-hydrogen) atoms. The van der Waals surface area contributed by atoms with Crippen LogP contribution in [0, 0.1) is 11.8 Å². The maximum Gasteiger partial charge on any atom is 0.0981 e. The van der Waals surface area contributed by atoms with Crippen molar-refractivity contribution in [1.82, 2.24) is 0 Å². The first-order valence-corrected chi connectivity index (χ1v) is 9.15. The monoisotopic (exact) mass is 278 g/mol. The minimum atomic E-state index is 0.518. The summed E-state index contributed by atoms with van der Waals surface area (Å²) < 4.78 is 5.93. The van der Waals surface area contributed by atoms with E-state index >= 15 is 0 Å². The van der Waals surface area contributed by atoms with Crippen molar-refractivity contribution in [3.63, 3.8) is 0 Å². The smallest absolute Gasteiger partial charge is 0.0981 e. The van der Waals surface area contributed by atoms with Gasteiger partial charge >= 0.3 is 0 Å². The summed E-state index contributed by atoms with van der Waals surface area (Å²) in [7, 11) is 0. The van der Waals surface area contributed by atoms with Gasteiger partial charge in [-0.05, 0) is 49.5 Å². The van der Waals surface area contributed by atoms with E-state index in [9.17, 15) is 0 Å². The third-order valence-electron chi connectivity index (χ3n) is 5.35. The Morgan fingerprint density at radius 1 is 0.900 bits per heavy atom. The third kappa shape index (κ3) is 5.14. The summed E-state index contributed by atoms with van der Waals surface area (Å²) in [6.45, 7) is 4.58. The van der Waals surface area contributed by atoms with Crippen molar-refractivity contribution in [3.05, 3.63) is 11.8 Å². The van der Waals surface area contributed by atoms with E-state index in [-0.39, 0.29) is 0 Å². The minimum absolute atomic E-state index is 0.518. The Hall–Kier alpha value is -0.460. The highest BCUT2D eigenvalue weighted by molar-refractivity contribution is 5.01. The van der Waals surface area contributed by atoms with Gasteiger partial charge in [-0.3, -0.25) is 0 Å². The Morgan fingerprint density at radius 2 is 1.60 bits per heavy atom. The van der Waals surface area contributed by atoms with Gasteiger partial charge in [0.05, 0.1) is 12.4 Å². The summed E-state index contributed by atoms with van der Waals surface area (Å²) in [5, 5.41) is 0. The summed E-state index contributed by atoms with van der Waals surface area (Å²) in [6, 6.07) is 0. The lowest BCUT2D eigenvalue weighted by atomic mass is 9.78. The molecule has 0 saturated heterocycles. The Labute approximate surface area is 126 Å². The van der Waals surface area contributed by atoms with Crippen LogP contribution in [-0.2, 0) is 4.74 Å². The van der Waals surface area contributed by atoms with Crippen molar-refractivity contribution in [2.45, 2.75) is 97.0 Å². The zero-order chi connectivity index (χ0) is 14.2. The van der Waals surface area contributed by atoms with Crippen molar-refractivity contribution >= 4 is 0 Å². The molecule has 1 fully saturated rings. The second-order valence-electron chi connectivity index (χ2n) is 7.08. The van der Waals surface area contributed by atoms with E-state index in [1.54, 1.807) is 0 Å². The molecule has 1 heteroatoms. The second kappa shape index (κ2) is 8.74. The molecule has 116 valence electrons. The normalized spacial score (nSPS) is 30.7. The molecule has 0 spiro atoms. The molecule has 1 saturated carbocycles. The van der Waals surface area contributed by atoms with Crippen molar-refractivity contribution in [2.75, 3.05) is 0 Å². The summed E-state index contributed by atoms with van der Waals surface area (Å²) in [5.41, 5.74) is 1.53. The first kappa shape index (κ1) is 15.9. The summed E-state index contributed by atoms with van der Waals surface area (Å²) in [5.74, 6) is 2.04. The van der Waals surface area contributed by atoms with Gasteiger partial charge in [0.2, 0.25) is 0 Å². The highest BCUT2D eigenvalue weighted by atomic mass is 16.5. The molecular weight excluding hydrogens is 244 g/mol. The lowest BCUT2D eigenvalue weighted by Gasteiger charge is -2.30. The zero-order valence-electron chi connectivity index (χ0n) is 13.7. The Balaban J connectivity index is 1.60. The van der Waals surface area contributed by atoms with E-state index in [2.05, 4.69) is 20.1 Å². The van der Waals surface area contributed by atoms with Crippen molar-refractivity contribution in [1.29, 1.82) is 0 Å². The highest BCUT2D eigenvalue weighted by Gasteiger charge is 2.22. The van der Waals surface area contributed by atoms with Gasteiger partial charge < -0.3 is 4.74 Å². The summed E-state index contributed by atoms with van der Waals surface area (Å²) in [6.07, 6.45) is 19.1. The van der Waals surface area contributed by atoms with E-state index in [1.165, 1.54) is 82.6 Å². The number of allylic oxidation sites excluding steroid dienone is 1. The first-order chi connectivity index (χ1) is 9.81. The molecule has 0 aromatic heterocycles. The molecule has 0 aromatic rings. The Morgan fingerprint density at radius 3 is 2.15 bits per heavy atom. The van der Waals surface area contributed by atoms with Crippen LogP contribution in [0.3, 0.4) is 0 Å². The third-order valence-corrected chi connectivity index (χ3v) is 5.35. The lowest BCUT2D eigenvalue weighted by molar-refractivity contribution is 0.0984. The van der Waals surface area contributed by atoms with Gasteiger partial charge in [0.25, 0.3) is 0 Å². The van der Waals surface area contributed by atoms with E-state index in [0.29, 0.717) is 6.10 Å². The zero-order valence-corrected chi connectivity index (χ0v) is 13.7. The van der Waals surface area contributed by atoms with Gasteiger partial charge in [0.15, 0.2) is 0 Å². The van der Waals surface area contributed by atoms with Crippen LogP contribution in [0.5, 0.6) is 0 Å². The van der Waals surface area contributed by atoms with Crippen molar-refractivity contribution < 1.29 is 4.74 Å². The number of hydrogen-bond donors (Lipinski definition) is 0. The molecule has 1 nitrogen and oxygen atoms in total. The summed E-state index contributed by atoms with van der Waals surface area (Å²) >= 11 is 0. The number of hydrogen-bond acceptors (Lipinski definition) is 1. The van der Waals surface area contributed by atoms with Crippen LogP contribution < -0.4 is 0 Å². The quantitative estimate of drug-likeness (QED) is 0.536. The van der Waals surface area contributed by atoms with Gasteiger partial charge in [-0.1, -0.05) is 58.8 Å². The fraction of sp³-hybridized carbons (Fsp3) is 0.895. The highest BCUT2D eigenvalue weighted by Crippen LogP contribution is 2.35. The van der Waals surface area contributed by atoms with Crippen LogP contribution >= 0.6 is 0 Å². The predicted octanol–water partition coefficient (Wildman–Crippen LogP) is 6.24. The summed E-state index contributed by atoms with van der Waals surface area (Å²) in [4.78, 5) is 0. The molecule has 1 atom stereocenters. The molecule has 1 heterocycles. The van der Waals surface area contributed by atoms with Crippen LogP contribution in [0.4, 0.5) is 0 Å². The second-order valence-corrected chi connectivity index (χ2v) is 7.08. The van der Waals surface area contributed by atoms with Crippen LogP contribution in [0.25, 0.3) is 0 Å². The maximum atomic E-state index is 5.93. The number of rotatable bonds is 7. The van der Waals surface area contributed by atoms with Gasteiger partial charge in [-0.15, -0.1) is 0 Å². The molecule has 1 unspecified atom stereocenters. The molecule has 1 aliphatic heterocycles. The van der Waals surface area contributed by atoms with Crippen LogP contribution in [-0.4, -0.2) is 6.10 Å². The maximum absolute atomic E-state index is 5.93. The fourth-order valence-corrected chi connectivity index (χ4v) is 4.02. The van der Waals surface area contributed by atoms with Gasteiger partial charge in [-0.25, -0.2) is 0 Å².